The molecule has 1 heterocycles. The van der Waals surface area contributed by atoms with Crippen LogP contribution in [0.25, 0.3) is 27.8 Å². The molecule has 0 unspecified atom stereocenters. The monoisotopic (exact) mass is 381 g/mol. The maximum atomic E-state index is 10.8. The zero-order chi connectivity index (χ0) is 18.1. The van der Waals surface area contributed by atoms with Crippen LogP contribution in [-0.2, 0) is 0 Å². The van der Waals surface area contributed by atoms with E-state index >= 15 is 0 Å². The minimum absolute atomic E-state index is 0.207. The predicted molar refractivity (Wildman–Crippen MR) is 107 cm³/mol. The molecule has 0 fully saturated rings. The fourth-order valence-electron chi connectivity index (χ4n) is 2.93. The molecule has 0 aliphatic heterocycles. The van der Waals surface area contributed by atoms with Gasteiger partial charge in [-0.25, -0.2) is 0 Å². The molecule has 0 bridgehead atoms. The number of phenolic OH excluding ortho intramolecular Hbond substituents is 1. The Hall–Kier alpha value is -2.50. The van der Waals surface area contributed by atoms with Gasteiger partial charge >= 0.3 is 0 Å². The molecular weight excluding hydrogens is 366 g/mol. The largest absolute Gasteiger partial charge is 0.507 e. The standard InChI is InChI=1S/C20H16ClN3OS/c1-2-26-20-23-22-19(24(20)15-10-8-14(21)9-11-15)17-12-7-13-5-3-4-6-16(13)18(17)25/h3-12,25H,2H2,1H3. The van der Waals surface area contributed by atoms with Gasteiger partial charge in [-0.15, -0.1) is 10.2 Å². The molecule has 26 heavy (non-hydrogen) atoms. The maximum Gasteiger partial charge on any atom is 0.196 e. The zero-order valence-corrected chi connectivity index (χ0v) is 15.6. The molecular formula is C20H16ClN3OS. The number of fused-ring (bicyclic) bond motifs is 1. The van der Waals surface area contributed by atoms with E-state index in [-0.39, 0.29) is 5.75 Å². The Morgan fingerprint density at radius 3 is 2.54 bits per heavy atom. The molecule has 130 valence electrons. The second kappa shape index (κ2) is 7.02. The molecule has 0 atom stereocenters. The minimum atomic E-state index is 0.207. The molecule has 4 rings (SSSR count). The molecule has 1 N–H and O–H groups in total. The number of rotatable bonds is 4. The van der Waals surface area contributed by atoms with Crippen molar-refractivity contribution in [1.29, 1.82) is 0 Å². The number of hydrogen-bond acceptors (Lipinski definition) is 4. The normalized spacial score (nSPS) is 11.2. The first-order valence-corrected chi connectivity index (χ1v) is 9.60. The third-order valence-electron chi connectivity index (χ3n) is 4.13. The van der Waals surface area contributed by atoms with Gasteiger partial charge in [0.1, 0.15) is 5.75 Å². The summed E-state index contributed by atoms with van der Waals surface area (Å²) in [4.78, 5) is 0. The van der Waals surface area contributed by atoms with Crippen LogP contribution < -0.4 is 0 Å². The van der Waals surface area contributed by atoms with Gasteiger partial charge in [0.2, 0.25) is 0 Å². The van der Waals surface area contributed by atoms with Crippen LogP contribution in [0.5, 0.6) is 5.75 Å². The van der Waals surface area contributed by atoms with Gasteiger partial charge in [-0.1, -0.05) is 60.6 Å². The average molecular weight is 382 g/mol. The number of thioether (sulfide) groups is 1. The van der Waals surface area contributed by atoms with Gasteiger partial charge in [-0.2, -0.15) is 0 Å². The lowest BCUT2D eigenvalue weighted by Crippen LogP contribution is -2.00. The second-order valence-electron chi connectivity index (χ2n) is 5.73. The van der Waals surface area contributed by atoms with Crippen LogP contribution in [-0.4, -0.2) is 25.6 Å². The number of halogens is 1. The van der Waals surface area contributed by atoms with Gasteiger partial charge in [0.25, 0.3) is 0 Å². The van der Waals surface area contributed by atoms with Crippen LogP contribution in [0, 0.1) is 0 Å². The molecule has 1 aromatic heterocycles. The van der Waals surface area contributed by atoms with Gasteiger partial charge in [0.05, 0.1) is 5.56 Å². The van der Waals surface area contributed by atoms with E-state index in [1.807, 2.05) is 65.2 Å². The van der Waals surface area contributed by atoms with Crippen molar-refractivity contribution >= 4 is 34.1 Å². The molecule has 0 aliphatic carbocycles. The zero-order valence-electron chi connectivity index (χ0n) is 14.1. The summed E-state index contributed by atoms with van der Waals surface area (Å²) >= 11 is 7.64. The summed E-state index contributed by atoms with van der Waals surface area (Å²) in [6, 6.07) is 19.1. The molecule has 6 heteroatoms. The summed E-state index contributed by atoms with van der Waals surface area (Å²) in [5, 5.41) is 22.8. The third-order valence-corrected chi connectivity index (χ3v) is 5.20. The summed E-state index contributed by atoms with van der Waals surface area (Å²) in [6.07, 6.45) is 0. The van der Waals surface area contributed by atoms with Crippen molar-refractivity contribution < 1.29 is 5.11 Å². The number of hydrogen-bond donors (Lipinski definition) is 1. The molecule has 0 radical (unpaired) electrons. The van der Waals surface area contributed by atoms with Gasteiger partial charge in [0.15, 0.2) is 11.0 Å². The van der Waals surface area contributed by atoms with Crippen LogP contribution in [0.2, 0.25) is 5.02 Å². The number of benzene rings is 3. The minimum Gasteiger partial charge on any atom is -0.507 e. The number of aromatic nitrogens is 3. The molecule has 3 aromatic carbocycles. The van der Waals surface area contributed by atoms with E-state index in [0.29, 0.717) is 16.4 Å². The van der Waals surface area contributed by atoms with Crippen molar-refractivity contribution in [1.82, 2.24) is 14.8 Å². The molecule has 0 saturated heterocycles. The highest BCUT2D eigenvalue weighted by Crippen LogP contribution is 2.37. The fraction of sp³-hybridized carbons (Fsp3) is 0.100. The molecule has 0 spiro atoms. The van der Waals surface area contributed by atoms with Crippen LogP contribution in [0.3, 0.4) is 0 Å². The first kappa shape index (κ1) is 16.9. The number of aromatic hydroxyl groups is 1. The first-order valence-electron chi connectivity index (χ1n) is 8.24. The Balaban J connectivity index is 1.95. The average Bonchev–Trinajstić information content (AvgIpc) is 3.07. The summed E-state index contributed by atoms with van der Waals surface area (Å²) in [5.41, 5.74) is 1.55. The Morgan fingerprint density at radius 2 is 1.77 bits per heavy atom. The van der Waals surface area contributed by atoms with E-state index in [0.717, 1.165) is 27.4 Å². The van der Waals surface area contributed by atoms with Crippen molar-refractivity contribution in [3.8, 4) is 22.8 Å². The lowest BCUT2D eigenvalue weighted by Gasteiger charge is -2.12. The highest BCUT2D eigenvalue weighted by Gasteiger charge is 2.19. The number of nitrogens with zero attached hydrogens (tertiary/aromatic N) is 3. The maximum absolute atomic E-state index is 10.8. The first-order chi connectivity index (χ1) is 12.7. The van der Waals surface area contributed by atoms with E-state index in [4.69, 9.17) is 11.6 Å². The Morgan fingerprint density at radius 1 is 1.00 bits per heavy atom. The quantitative estimate of drug-likeness (QED) is 0.470. The molecule has 4 aromatic rings. The predicted octanol–water partition coefficient (Wildman–Crippen LogP) is 5.56. The topological polar surface area (TPSA) is 50.9 Å². The van der Waals surface area contributed by atoms with Crippen molar-refractivity contribution in [2.75, 3.05) is 5.75 Å². The fourth-order valence-corrected chi connectivity index (χ4v) is 3.73. The number of phenols is 1. The molecule has 0 saturated carbocycles. The van der Waals surface area contributed by atoms with E-state index in [9.17, 15) is 5.11 Å². The Bertz CT molecular complexity index is 1080. The van der Waals surface area contributed by atoms with E-state index in [1.54, 1.807) is 11.8 Å². The van der Waals surface area contributed by atoms with Gasteiger partial charge in [-0.3, -0.25) is 4.57 Å². The van der Waals surface area contributed by atoms with Gasteiger partial charge in [-0.05, 0) is 41.5 Å². The van der Waals surface area contributed by atoms with Crippen LogP contribution in [0.1, 0.15) is 6.92 Å². The van der Waals surface area contributed by atoms with Crippen LogP contribution >= 0.6 is 23.4 Å². The summed E-state index contributed by atoms with van der Waals surface area (Å²) in [5.74, 6) is 1.68. The van der Waals surface area contributed by atoms with E-state index in [2.05, 4.69) is 17.1 Å². The summed E-state index contributed by atoms with van der Waals surface area (Å²) in [7, 11) is 0. The van der Waals surface area contributed by atoms with Crippen molar-refractivity contribution in [2.45, 2.75) is 12.1 Å². The Labute approximate surface area is 160 Å². The lowest BCUT2D eigenvalue weighted by molar-refractivity contribution is 0.483. The lowest BCUT2D eigenvalue weighted by atomic mass is 10.0. The summed E-state index contributed by atoms with van der Waals surface area (Å²) < 4.78 is 1.95. The molecule has 0 amide bonds. The van der Waals surface area contributed by atoms with Crippen LogP contribution in [0.4, 0.5) is 0 Å². The van der Waals surface area contributed by atoms with Gasteiger partial charge in [0, 0.05) is 16.1 Å². The van der Waals surface area contributed by atoms with E-state index < -0.39 is 0 Å². The smallest absolute Gasteiger partial charge is 0.196 e. The highest BCUT2D eigenvalue weighted by molar-refractivity contribution is 7.99. The van der Waals surface area contributed by atoms with Crippen molar-refractivity contribution in [3.63, 3.8) is 0 Å². The van der Waals surface area contributed by atoms with Crippen molar-refractivity contribution in [3.05, 3.63) is 65.7 Å². The van der Waals surface area contributed by atoms with Crippen LogP contribution in [0.15, 0.2) is 65.8 Å². The van der Waals surface area contributed by atoms with E-state index in [1.165, 1.54) is 0 Å². The molecule has 4 nitrogen and oxygen atoms in total. The third kappa shape index (κ3) is 2.93. The highest BCUT2D eigenvalue weighted by atomic mass is 35.5. The van der Waals surface area contributed by atoms with Crippen molar-refractivity contribution in [2.24, 2.45) is 0 Å². The SMILES string of the molecule is CCSc1nnc(-c2ccc3ccccc3c2O)n1-c1ccc(Cl)cc1. The van der Waals surface area contributed by atoms with Gasteiger partial charge < -0.3 is 5.11 Å². The molecule has 0 aliphatic rings. The second-order valence-corrected chi connectivity index (χ2v) is 7.40. The Kier molecular flexibility index (Phi) is 4.57. The summed E-state index contributed by atoms with van der Waals surface area (Å²) in [6.45, 7) is 2.07.